The van der Waals surface area contributed by atoms with Crippen LogP contribution in [0.15, 0.2) is 55.2 Å². The Bertz CT molecular complexity index is 1050. The highest BCUT2D eigenvalue weighted by atomic mass is 16.5. The van der Waals surface area contributed by atoms with Crippen molar-refractivity contribution in [1.29, 1.82) is 0 Å². The van der Waals surface area contributed by atoms with E-state index in [1.54, 1.807) is 12.4 Å². The number of H-pyrrole nitrogens is 1. The van der Waals surface area contributed by atoms with Crippen molar-refractivity contribution < 1.29 is 4.74 Å². The summed E-state index contributed by atoms with van der Waals surface area (Å²) >= 11 is 0. The fourth-order valence-electron chi connectivity index (χ4n) is 3.48. The van der Waals surface area contributed by atoms with Crippen LogP contribution in [-0.4, -0.2) is 50.9 Å². The van der Waals surface area contributed by atoms with Crippen LogP contribution < -0.4 is 10.2 Å². The number of imidazole rings is 1. The molecule has 1 saturated heterocycles. The predicted molar refractivity (Wildman–Crippen MR) is 107 cm³/mol. The minimum atomic E-state index is 0.684. The molecule has 0 saturated carbocycles. The molecule has 0 unspecified atom stereocenters. The molecule has 8 nitrogen and oxygen atoms in total. The average Bonchev–Trinajstić information content (AvgIpc) is 3.45. The molecule has 142 valence electrons. The molecular formula is C20H21N7O. The van der Waals surface area contributed by atoms with Crippen LogP contribution in [0.4, 0.5) is 11.5 Å². The number of fused-ring (bicyclic) bond motifs is 1. The van der Waals surface area contributed by atoms with Crippen LogP contribution in [0.3, 0.4) is 0 Å². The van der Waals surface area contributed by atoms with E-state index < -0.39 is 0 Å². The summed E-state index contributed by atoms with van der Waals surface area (Å²) < 4.78 is 7.44. The van der Waals surface area contributed by atoms with Crippen LogP contribution in [0.2, 0.25) is 0 Å². The van der Waals surface area contributed by atoms with Crippen molar-refractivity contribution in [2.45, 2.75) is 6.54 Å². The van der Waals surface area contributed by atoms with E-state index in [2.05, 4.69) is 54.6 Å². The van der Waals surface area contributed by atoms with Gasteiger partial charge in [0.2, 0.25) is 0 Å². The Balaban J connectivity index is 1.32. The van der Waals surface area contributed by atoms with Crippen molar-refractivity contribution in [3.63, 3.8) is 0 Å². The van der Waals surface area contributed by atoms with Crippen molar-refractivity contribution in [3.05, 3.63) is 60.8 Å². The summed E-state index contributed by atoms with van der Waals surface area (Å²) in [5.74, 6) is 0.759. The lowest BCUT2D eigenvalue weighted by atomic mass is 10.2. The highest BCUT2D eigenvalue weighted by Crippen LogP contribution is 2.23. The van der Waals surface area contributed by atoms with E-state index in [4.69, 9.17) is 4.74 Å². The van der Waals surface area contributed by atoms with Crippen molar-refractivity contribution in [3.8, 4) is 11.3 Å². The molecule has 1 fully saturated rings. The molecule has 28 heavy (non-hydrogen) atoms. The maximum absolute atomic E-state index is 5.42. The third-order valence-corrected chi connectivity index (χ3v) is 4.99. The van der Waals surface area contributed by atoms with Gasteiger partial charge >= 0.3 is 0 Å². The number of aromatic amines is 1. The first kappa shape index (κ1) is 16.8. The Morgan fingerprint density at radius 2 is 1.93 bits per heavy atom. The van der Waals surface area contributed by atoms with Gasteiger partial charge in [-0.05, 0) is 17.7 Å². The standard InChI is InChI=1S/C20H21N7O/c1-3-17(26-7-9-28-10-8-26)4-2-15(1)11-22-19-20-21-5-6-27(20)18(14-23-19)16-12-24-25-13-16/h1-6,12-14H,7-11H2,(H,22,23)(H,24,25). The Morgan fingerprint density at radius 3 is 2.71 bits per heavy atom. The second-order valence-electron chi connectivity index (χ2n) is 6.72. The number of ether oxygens (including phenoxy) is 1. The fourth-order valence-corrected chi connectivity index (χ4v) is 3.48. The van der Waals surface area contributed by atoms with Gasteiger partial charge in [-0.15, -0.1) is 0 Å². The molecule has 0 atom stereocenters. The summed E-state index contributed by atoms with van der Waals surface area (Å²) in [6, 6.07) is 8.65. The van der Waals surface area contributed by atoms with E-state index in [-0.39, 0.29) is 0 Å². The molecule has 0 bridgehead atoms. The zero-order valence-corrected chi connectivity index (χ0v) is 15.4. The van der Waals surface area contributed by atoms with Gasteiger partial charge in [-0.25, -0.2) is 9.97 Å². The van der Waals surface area contributed by atoms with E-state index in [1.807, 2.05) is 23.0 Å². The topological polar surface area (TPSA) is 83.4 Å². The quantitative estimate of drug-likeness (QED) is 0.558. The number of nitrogens with zero attached hydrogens (tertiary/aromatic N) is 5. The summed E-state index contributed by atoms with van der Waals surface area (Å²) in [5.41, 5.74) is 5.15. The van der Waals surface area contributed by atoms with E-state index >= 15 is 0 Å². The Kier molecular flexibility index (Phi) is 4.38. The van der Waals surface area contributed by atoms with Crippen molar-refractivity contribution in [1.82, 2.24) is 24.6 Å². The van der Waals surface area contributed by atoms with E-state index in [0.717, 1.165) is 49.0 Å². The first-order valence-corrected chi connectivity index (χ1v) is 9.35. The number of aromatic nitrogens is 5. The number of benzene rings is 1. The van der Waals surface area contributed by atoms with Crippen molar-refractivity contribution in [2.75, 3.05) is 36.5 Å². The number of rotatable bonds is 5. The second kappa shape index (κ2) is 7.32. The SMILES string of the molecule is c1cn2c(-c3cn[nH]c3)cnc(NCc3ccc(N4CCOCC4)cc3)c2n1. The number of anilines is 2. The summed E-state index contributed by atoms with van der Waals surface area (Å²) in [6.45, 7) is 4.17. The summed E-state index contributed by atoms with van der Waals surface area (Å²) in [4.78, 5) is 11.4. The molecule has 0 amide bonds. The number of morpholine rings is 1. The maximum atomic E-state index is 5.42. The Morgan fingerprint density at radius 1 is 1.07 bits per heavy atom. The van der Waals surface area contributed by atoms with Crippen molar-refractivity contribution >= 4 is 17.2 Å². The van der Waals surface area contributed by atoms with Gasteiger partial charge in [0.25, 0.3) is 0 Å². The third-order valence-electron chi connectivity index (χ3n) is 4.99. The normalized spacial score (nSPS) is 14.5. The molecule has 4 heterocycles. The molecular weight excluding hydrogens is 354 g/mol. The van der Waals surface area contributed by atoms with Crippen molar-refractivity contribution in [2.24, 2.45) is 0 Å². The Labute approximate surface area is 162 Å². The molecule has 1 aromatic carbocycles. The van der Waals surface area contributed by atoms with Gasteiger partial charge in [0, 0.05) is 49.5 Å². The van der Waals surface area contributed by atoms with Crippen LogP contribution in [0.25, 0.3) is 16.9 Å². The molecule has 1 aliphatic rings. The molecule has 0 aliphatic carbocycles. The first-order chi connectivity index (χ1) is 13.9. The average molecular weight is 375 g/mol. The smallest absolute Gasteiger partial charge is 0.180 e. The molecule has 0 spiro atoms. The molecule has 8 heteroatoms. The summed E-state index contributed by atoms with van der Waals surface area (Å²) in [7, 11) is 0. The largest absolute Gasteiger partial charge is 0.378 e. The van der Waals surface area contributed by atoms with Gasteiger partial charge in [-0.3, -0.25) is 9.50 Å². The molecule has 0 radical (unpaired) electrons. The van der Waals surface area contributed by atoms with Crippen LogP contribution in [0.1, 0.15) is 5.56 Å². The molecule has 5 rings (SSSR count). The lowest BCUT2D eigenvalue weighted by Crippen LogP contribution is -2.36. The lowest BCUT2D eigenvalue weighted by Gasteiger charge is -2.28. The highest BCUT2D eigenvalue weighted by molar-refractivity contribution is 5.69. The zero-order chi connectivity index (χ0) is 18.8. The number of nitrogens with one attached hydrogen (secondary N) is 2. The molecule has 4 aromatic rings. The van der Waals surface area contributed by atoms with Gasteiger partial charge < -0.3 is 15.0 Å². The monoisotopic (exact) mass is 375 g/mol. The second-order valence-corrected chi connectivity index (χ2v) is 6.72. The summed E-state index contributed by atoms with van der Waals surface area (Å²) in [6.07, 6.45) is 9.17. The third kappa shape index (κ3) is 3.18. The van der Waals surface area contributed by atoms with Gasteiger partial charge in [0.15, 0.2) is 11.5 Å². The maximum Gasteiger partial charge on any atom is 0.180 e. The summed E-state index contributed by atoms with van der Waals surface area (Å²) in [5, 5.41) is 10.3. The molecule has 2 N–H and O–H groups in total. The van der Waals surface area contributed by atoms with E-state index in [0.29, 0.717) is 6.54 Å². The molecule has 3 aromatic heterocycles. The first-order valence-electron chi connectivity index (χ1n) is 9.35. The molecule has 1 aliphatic heterocycles. The van der Waals surface area contributed by atoms with E-state index in [1.165, 1.54) is 11.3 Å². The van der Waals surface area contributed by atoms with Gasteiger partial charge in [-0.1, -0.05) is 12.1 Å². The van der Waals surface area contributed by atoms with Crippen LogP contribution in [-0.2, 0) is 11.3 Å². The minimum absolute atomic E-state index is 0.684. The number of hydrogen-bond donors (Lipinski definition) is 2. The lowest BCUT2D eigenvalue weighted by molar-refractivity contribution is 0.122. The predicted octanol–water partition coefficient (Wildman–Crippen LogP) is 2.57. The van der Waals surface area contributed by atoms with Gasteiger partial charge in [-0.2, -0.15) is 5.10 Å². The van der Waals surface area contributed by atoms with Crippen LogP contribution >= 0.6 is 0 Å². The van der Waals surface area contributed by atoms with Crippen LogP contribution in [0.5, 0.6) is 0 Å². The van der Waals surface area contributed by atoms with Crippen LogP contribution in [0, 0.1) is 0 Å². The van der Waals surface area contributed by atoms with Gasteiger partial charge in [0.1, 0.15) is 0 Å². The highest BCUT2D eigenvalue weighted by Gasteiger charge is 2.12. The fraction of sp³-hybridized carbons (Fsp3) is 0.250. The minimum Gasteiger partial charge on any atom is -0.378 e. The van der Waals surface area contributed by atoms with Gasteiger partial charge in [0.05, 0.1) is 31.3 Å². The Hall–Kier alpha value is -3.39. The zero-order valence-electron chi connectivity index (χ0n) is 15.4. The number of hydrogen-bond acceptors (Lipinski definition) is 6. The van der Waals surface area contributed by atoms with E-state index in [9.17, 15) is 0 Å².